The molecule has 0 saturated carbocycles. The van der Waals surface area contributed by atoms with Crippen LogP contribution in [0.2, 0.25) is 0 Å². The van der Waals surface area contributed by atoms with Crippen molar-refractivity contribution in [3.63, 3.8) is 0 Å². The fourth-order valence-corrected chi connectivity index (χ4v) is 0.250. The monoisotopic (exact) mass is 404 g/mol. The van der Waals surface area contributed by atoms with Gasteiger partial charge in [-0.2, -0.15) is 13.2 Å². The smallest absolute Gasteiger partial charge is 0.418 e. The van der Waals surface area contributed by atoms with Crippen molar-refractivity contribution in [2.24, 2.45) is 0 Å². The number of rotatable bonds is 2. The molecular weight excluding hydrogens is 391 g/mol. The van der Waals surface area contributed by atoms with E-state index in [2.05, 4.69) is 12.2 Å². The zero-order chi connectivity index (χ0) is 21.2. The summed E-state index contributed by atoms with van der Waals surface area (Å²) >= 11 is 0. The van der Waals surface area contributed by atoms with Crippen LogP contribution in [0.5, 0.6) is 0 Å². The Labute approximate surface area is 127 Å². The Balaban J connectivity index is -0.0000000628. The molecule has 0 radical (unpaired) electrons. The summed E-state index contributed by atoms with van der Waals surface area (Å²) in [6, 6.07) is 0. The van der Waals surface area contributed by atoms with Gasteiger partial charge < -0.3 is 57.1 Å². The van der Waals surface area contributed by atoms with Crippen LogP contribution in [0.25, 0.3) is 0 Å². The van der Waals surface area contributed by atoms with E-state index in [0.717, 1.165) is 6.54 Å². The molecule has 154 valence electrons. The lowest BCUT2D eigenvalue weighted by Crippen LogP contribution is -2.04. The fraction of sp³-hybridized carbons (Fsp3) is 1.00. The molecule has 0 atom stereocenters. The third kappa shape index (κ3) is 6990. The molecule has 0 aromatic carbocycles. The molecule has 1 nitrogen and oxygen atoms in total. The molecule has 0 spiro atoms. The number of halogens is 15. The molecule has 0 heterocycles. The maximum atomic E-state index is 9.75. The molecule has 0 aliphatic carbocycles. The third-order valence-electron chi connectivity index (χ3n) is 0.500. The quantitative estimate of drug-likeness (QED) is 0.461. The van der Waals surface area contributed by atoms with Crippen molar-refractivity contribution < 1.29 is 65.0 Å². The fourth-order valence-electron chi connectivity index (χ4n) is 0.250. The van der Waals surface area contributed by atoms with Gasteiger partial charge >= 0.3 is 28.4 Å². The van der Waals surface area contributed by atoms with E-state index in [1.165, 1.54) is 6.42 Å². The largest absolute Gasteiger partial charge is 0.673 e. The van der Waals surface area contributed by atoms with Crippen molar-refractivity contribution in [2.75, 3.05) is 13.6 Å². The van der Waals surface area contributed by atoms with Gasteiger partial charge in [0, 0.05) is 0 Å². The molecule has 1 N–H and O–H groups in total. The predicted molar refractivity (Wildman–Crippen MR) is 61.9 cm³/mol. The van der Waals surface area contributed by atoms with Gasteiger partial charge in [-0.1, -0.05) is 6.92 Å². The van der Waals surface area contributed by atoms with Crippen LogP contribution in [0.4, 0.5) is 65.0 Å². The number of hydrogen-bond donors (Lipinski definition) is 1. The summed E-state index contributed by atoms with van der Waals surface area (Å²) in [4.78, 5) is 0. The van der Waals surface area contributed by atoms with Crippen LogP contribution < -0.4 is 5.32 Å². The average molecular weight is 404 g/mol. The minimum atomic E-state index is -6.00. The molecule has 19 heteroatoms. The lowest BCUT2D eigenvalue weighted by molar-refractivity contribution is 0.00818. The molecule has 0 unspecified atom stereocenters. The van der Waals surface area contributed by atoms with Crippen LogP contribution >= 0.6 is 0 Å². The van der Waals surface area contributed by atoms with E-state index in [0.29, 0.717) is 0 Å². The highest BCUT2D eigenvalue weighted by atomic mass is 19.5. The van der Waals surface area contributed by atoms with Gasteiger partial charge in [-0.05, 0) is 20.0 Å². The van der Waals surface area contributed by atoms with Gasteiger partial charge in [-0.25, -0.2) is 0 Å². The molecule has 0 aliphatic heterocycles. The Morgan fingerprint density at radius 2 is 0.750 bits per heavy atom. The summed E-state index contributed by atoms with van der Waals surface area (Å²) in [5, 5.41) is 3.02. The van der Waals surface area contributed by atoms with Crippen molar-refractivity contribution >= 4 is 21.8 Å². The molecule has 0 aromatic heterocycles. The van der Waals surface area contributed by atoms with Crippen molar-refractivity contribution in [3.05, 3.63) is 0 Å². The van der Waals surface area contributed by atoms with Gasteiger partial charge in [0.2, 0.25) is 0 Å². The van der Waals surface area contributed by atoms with Crippen LogP contribution in [0.3, 0.4) is 0 Å². The van der Waals surface area contributed by atoms with E-state index in [1.54, 1.807) is 0 Å². The molecule has 0 amide bonds. The van der Waals surface area contributed by atoms with E-state index in [9.17, 15) is 65.0 Å². The molecular formula is C5H12B3F15N-3. The lowest BCUT2D eigenvalue weighted by Gasteiger charge is -1.94. The van der Waals surface area contributed by atoms with Crippen LogP contribution in [-0.2, 0) is 0 Å². The number of alkyl halides is 3. The van der Waals surface area contributed by atoms with E-state index in [4.69, 9.17) is 0 Å². The maximum absolute atomic E-state index is 9.75. The molecule has 24 heavy (non-hydrogen) atoms. The van der Waals surface area contributed by atoms with Crippen molar-refractivity contribution in [1.82, 2.24) is 5.32 Å². The first-order valence-electron chi connectivity index (χ1n) is 5.33. The van der Waals surface area contributed by atoms with Crippen molar-refractivity contribution in [1.29, 1.82) is 0 Å². The minimum absolute atomic E-state index is 1.14. The summed E-state index contributed by atoms with van der Waals surface area (Å²) < 4.78 is 146. The van der Waals surface area contributed by atoms with E-state index >= 15 is 0 Å². The maximum Gasteiger partial charge on any atom is 0.673 e. The molecule has 0 fully saturated rings. The highest BCUT2D eigenvalue weighted by molar-refractivity contribution is 6.50. The molecule has 0 aliphatic rings. The van der Waals surface area contributed by atoms with Gasteiger partial charge in [-0.3, -0.25) is 0 Å². The summed E-state index contributed by atoms with van der Waals surface area (Å²) in [6.45, 7) is -0.378. The first-order chi connectivity index (χ1) is 10.1. The van der Waals surface area contributed by atoms with Gasteiger partial charge in [0.15, 0.2) is 0 Å². The Morgan fingerprint density at radius 3 is 0.750 bits per heavy atom. The number of nitrogens with one attached hydrogen (secondary N) is 1. The van der Waals surface area contributed by atoms with E-state index < -0.39 is 28.4 Å². The standard InChI is InChI=1S/C4H11N.CHF3.3BF4/c1-3-4-5-2;2-1(3)4;3*2-1(3,4)5/h5H,3-4H2,1-2H3;1H;;;/q;;3*-1. The lowest BCUT2D eigenvalue weighted by atomic mass is 10.3. The average Bonchev–Trinajstić information content (AvgIpc) is 2.08. The van der Waals surface area contributed by atoms with Gasteiger partial charge in [0.25, 0.3) is 0 Å². The zero-order valence-electron chi connectivity index (χ0n) is 11.9. The van der Waals surface area contributed by atoms with Crippen molar-refractivity contribution in [2.45, 2.75) is 20.0 Å². The highest BCUT2D eigenvalue weighted by Gasteiger charge is 2.21. The van der Waals surface area contributed by atoms with E-state index in [1.807, 2.05) is 7.05 Å². The van der Waals surface area contributed by atoms with Gasteiger partial charge in [0.05, 0.1) is 0 Å². The SMILES string of the molecule is CCCNC.FC(F)F.F[B-](F)(F)F.F[B-](F)(F)F.F[B-](F)(F)F. The summed E-state index contributed by atoms with van der Waals surface area (Å²) in [5.74, 6) is 0. The third-order valence-corrected chi connectivity index (χ3v) is 0.500. The predicted octanol–water partition coefficient (Wildman–Crippen LogP) is 5.69. The Bertz CT molecular complexity index is 173. The van der Waals surface area contributed by atoms with E-state index in [-0.39, 0.29) is 0 Å². The van der Waals surface area contributed by atoms with Crippen LogP contribution in [-0.4, -0.2) is 42.0 Å². The first-order valence-corrected chi connectivity index (χ1v) is 5.33. The molecule has 0 saturated heterocycles. The van der Waals surface area contributed by atoms with Crippen LogP contribution in [0.15, 0.2) is 0 Å². The Morgan fingerprint density at radius 1 is 0.625 bits per heavy atom. The summed E-state index contributed by atoms with van der Waals surface area (Å²) in [7, 11) is -16.0. The van der Waals surface area contributed by atoms with Gasteiger partial charge in [0.1, 0.15) is 0 Å². The van der Waals surface area contributed by atoms with Crippen molar-refractivity contribution in [3.8, 4) is 0 Å². The Kier molecular flexibility index (Phi) is 26.5. The van der Waals surface area contributed by atoms with Crippen LogP contribution in [0, 0.1) is 0 Å². The summed E-state index contributed by atoms with van der Waals surface area (Å²) in [6.07, 6.45) is 1.23. The Hall–Kier alpha value is -0.895. The first kappa shape index (κ1) is 34.4. The molecule has 0 rings (SSSR count). The second-order valence-corrected chi connectivity index (χ2v) is 2.84. The normalized spacial score (nSPS) is 10.8. The topological polar surface area (TPSA) is 12.0 Å². The second-order valence-electron chi connectivity index (χ2n) is 2.84. The second kappa shape index (κ2) is 18.4. The molecule has 0 aromatic rings. The summed E-state index contributed by atoms with van der Waals surface area (Å²) in [5.41, 5.74) is 0. The van der Waals surface area contributed by atoms with Crippen LogP contribution in [0.1, 0.15) is 13.3 Å². The highest BCUT2D eigenvalue weighted by Crippen LogP contribution is 2.07. The number of hydrogen-bond acceptors (Lipinski definition) is 1. The minimum Gasteiger partial charge on any atom is -0.418 e. The molecule has 0 bridgehead atoms. The van der Waals surface area contributed by atoms with Gasteiger partial charge in [-0.15, -0.1) is 0 Å². The zero-order valence-corrected chi connectivity index (χ0v) is 11.9.